The van der Waals surface area contributed by atoms with Crippen molar-refractivity contribution in [3.63, 3.8) is 0 Å². The van der Waals surface area contributed by atoms with E-state index in [4.69, 9.17) is 9.47 Å². The van der Waals surface area contributed by atoms with E-state index in [9.17, 15) is 5.26 Å². The van der Waals surface area contributed by atoms with Crippen LogP contribution < -0.4 is 14.8 Å². The van der Waals surface area contributed by atoms with Crippen LogP contribution in [0.25, 0.3) is 0 Å². The summed E-state index contributed by atoms with van der Waals surface area (Å²) >= 11 is 0. The number of nitrogens with zero attached hydrogens (tertiary/aromatic N) is 1. The van der Waals surface area contributed by atoms with Gasteiger partial charge in [0.25, 0.3) is 0 Å². The van der Waals surface area contributed by atoms with Gasteiger partial charge in [-0.1, -0.05) is 6.07 Å². The maximum Gasteiger partial charge on any atom is 0.161 e. The number of hydrogen-bond donors (Lipinski definition) is 1. The number of fused-ring (bicyclic) bond motifs is 1. The molecule has 1 aromatic rings. The largest absolute Gasteiger partial charge is 0.486 e. The van der Waals surface area contributed by atoms with Gasteiger partial charge in [0.2, 0.25) is 0 Å². The summed E-state index contributed by atoms with van der Waals surface area (Å²) in [5, 5.41) is 12.7. The molecule has 0 aliphatic carbocycles. The summed E-state index contributed by atoms with van der Waals surface area (Å²) in [6.07, 6.45) is 1.06. The minimum absolute atomic E-state index is 0.0594. The van der Waals surface area contributed by atoms with E-state index in [1.54, 1.807) is 0 Å². The summed E-state index contributed by atoms with van der Waals surface area (Å²) in [6, 6.07) is 8.29. The molecule has 1 saturated heterocycles. The van der Waals surface area contributed by atoms with E-state index in [1.165, 1.54) is 0 Å². The van der Waals surface area contributed by atoms with Crippen molar-refractivity contribution in [1.82, 2.24) is 5.32 Å². The second-order valence-corrected chi connectivity index (χ2v) is 4.76. The zero-order chi connectivity index (χ0) is 12.4. The first-order valence-corrected chi connectivity index (χ1v) is 6.38. The molecule has 0 amide bonds. The van der Waals surface area contributed by atoms with Crippen LogP contribution in [0.15, 0.2) is 18.2 Å². The van der Waals surface area contributed by atoms with E-state index in [0.29, 0.717) is 19.1 Å². The molecule has 2 aliphatic heterocycles. The molecule has 0 spiro atoms. The van der Waals surface area contributed by atoms with Crippen LogP contribution in [0.2, 0.25) is 0 Å². The summed E-state index contributed by atoms with van der Waals surface area (Å²) in [4.78, 5) is 0. The molecule has 2 atom stereocenters. The Kier molecular flexibility index (Phi) is 3.07. The molecule has 4 heteroatoms. The van der Waals surface area contributed by atoms with Gasteiger partial charge < -0.3 is 14.8 Å². The molecule has 0 aromatic heterocycles. The Morgan fingerprint density at radius 2 is 2.11 bits per heavy atom. The van der Waals surface area contributed by atoms with Crippen molar-refractivity contribution < 1.29 is 9.47 Å². The Morgan fingerprint density at radius 1 is 1.28 bits per heavy atom. The molecule has 0 radical (unpaired) electrons. The Hall–Kier alpha value is -1.73. The molecule has 94 valence electrons. The first kappa shape index (κ1) is 11.4. The molecule has 2 unspecified atom stereocenters. The van der Waals surface area contributed by atoms with Crippen LogP contribution in [0, 0.1) is 17.2 Å². The van der Waals surface area contributed by atoms with Crippen LogP contribution in [0.4, 0.5) is 0 Å². The van der Waals surface area contributed by atoms with Crippen molar-refractivity contribution in [2.45, 2.75) is 12.3 Å². The van der Waals surface area contributed by atoms with Crippen LogP contribution in [-0.2, 0) is 0 Å². The molecule has 2 aliphatic rings. The Labute approximate surface area is 107 Å². The molecular weight excluding hydrogens is 228 g/mol. The number of ether oxygens (including phenoxy) is 2. The van der Waals surface area contributed by atoms with E-state index in [-0.39, 0.29) is 5.92 Å². The maximum atomic E-state index is 9.39. The molecule has 0 saturated carbocycles. The monoisotopic (exact) mass is 244 g/mol. The number of hydrogen-bond acceptors (Lipinski definition) is 4. The van der Waals surface area contributed by atoms with Gasteiger partial charge in [-0.2, -0.15) is 5.26 Å². The molecule has 1 fully saturated rings. The average molecular weight is 244 g/mol. The highest BCUT2D eigenvalue weighted by Gasteiger charge is 2.27. The summed E-state index contributed by atoms with van der Waals surface area (Å²) in [5.41, 5.74) is 1.04. The van der Waals surface area contributed by atoms with Crippen molar-refractivity contribution in [2.75, 3.05) is 26.3 Å². The van der Waals surface area contributed by atoms with Crippen molar-refractivity contribution in [3.05, 3.63) is 23.8 Å². The van der Waals surface area contributed by atoms with E-state index >= 15 is 0 Å². The average Bonchev–Trinajstić information content (AvgIpc) is 2.93. The molecule has 0 bridgehead atoms. The first-order chi connectivity index (χ1) is 8.88. The maximum absolute atomic E-state index is 9.39. The Balaban J connectivity index is 1.88. The lowest BCUT2D eigenvalue weighted by Gasteiger charge is -2.21. The van der Waals surface area contributed by atoms with Gasteiger partial charge in [0.05, 0.1) is 12.0 Å². The fourth-order valence-electron chi connectivity index (χ4n) is 2.67. The minimum atomic E-state index is -0.0594. The number of rotatable bonds is 2. The lowest BCUT2D eigenvalue weighted by Crippen LogP contribution is -2.17. The van der Waals surface area contributed by atoms with Gasteiger partial charge in [-0.25, -0.2) is 0 Å². The number of nitriles is 1. The van der Waals surface area contributed by atoms with Gasteiger partial charge in [-0.15, -0.1) is 0 Å². The fraction of sp³-hybridized carbons (Fsp3) is 0.500. The van der Waals surface area contributed by atoms with Gasteiger partial charge in [-0.3, -0.25) is 0 Å². The first-order valence-electron chi connectivity index (χ1n) is 6.38. The Bertz CT molecular complexity index is 475. The van der Waals surface area contributed by atoms with Crippen molar-refractivity contribution in [2.24, 2.45) is 5.92 Å². The fourth-order valence-corrected chi connectivity index (χ4v) is 2.67. The van der Waals surface area contributed by atoms with E-state index < -0.39 is 0 Å². The third kappa shape index (κ3) is 2.02. The van der Waals surface area contributed by atoms with Gasteiger partial charge in [0, 0.05) is 0 Å². The highest BCUT2D eigenvalue weighted by molar-refractivity contribution is 5.46. The molecule has 4 nitrogen and oxygen atoms in total. The minimum Gasteiger partial charge on any atom is -0.486 e. The quantitative estimate of drug-likeness (QED) is 0.860. The zero-order valence-corrected chi connectivity index (χ0v) is 10.2. The SMILES string of the molecule is N#CC(c1ccc2c(c1)OCCO2)C1CCNC1. The van der Waals surface area contributed by atoms with E-state index in [1.807, 2.05) is 18.2 Å². The lowest BCUT2D eigenvalue weighted by molar-refractivity contribution is 0.171. The van der Waals surface area contributed by atoms with Gasteiger partial charge in [0.1, 0.15) is 13.2 Å². The van der Waals surface area contributed by atoms with Crippen molar-refractivity contribution >= 4 is 0 Å². The van der Waals surface area contributed by atoms with Crippen LogP contribution in [-0.4, -0.2) is 26.3 Å². The highest BCUT2D eigenvalue weighted by Crippen LogP contribution is 2.36. The smallest absolute Gasteiger partial charge is 0.161 e. The van der Waals surface area contributed by atoms with Gasteiger partial charge in [-0.05, 0) is 43.1 Å². The summed E-state index contributed by atoms with van der Waals surface area (Å²) in [7, 11) is 0. The van der Waals surface area contributed by atoms with Crippen molar-refractivity contribution in [3.8, 4) is 17.6 Å². The molecule has 1 N–H and O–H groups in total. The predicted molar refractivity (Wildman–Crippen MR) is 66.8 cm³/mol. The van der Waals surface area contributed by atoms with Crippen LogP contribution in [0.3, 0.4) is 0 Å². The summed E-state index contributed by atoms with van der Waals surface area (Å²) in [5.74, 6) is 1.89. The lowest BCUT2D eigenvalue weighted by atomic mass is 9.86. The van der Waals surface area contributed by atoms with Crippen LogP contribution in [0.5, 0.6) is 11.5 Å². The van der Waals surface area contributed by atoms with Gasteiger partial charge in [0.15, 0.2) is 11.5 Å². The number of nitrogens with one attached hydrogen (secondary N) is 1. The predicted octanol–water partition coefficient (Wildman–Crippen LogP) is 1.67. The van der Waals surface area contributed by atoms with E-state index in [0.717, 1.165) is 36.6 Å². The zero-order valence-electron chi connectivity index (χ0n) is 10.2. The van der Waals surface area contributed by atoms with Crippen LogP contribution >= 0.6 is 0 Å². The molecule has 2 heterocycles. The van der Waals surface area contributed by atoms with Gasteiger partial charge >= 0.3 is 0 Å². The van der Waals surface area contributed by atoms with E-state index in [2.05, 4.69) is 11.4 Å². The third-order valence-corrected chi connectivity index (χ3v) is 3.63. The highest BCUT2D eigenvalue weighted by atomic mass is 16.6. The second kappa shape index (κ2) is 4.87. The summed E-state index contributed by atoms with van der Waals surface area (Å²) < 4.78 is 11.1. The molecule has 18 heavy (non-hydrogen) atoms. The van der Waals surface area contributed by atoms with Crippen LogP contribution in [0.1, 0.15) is 17.9 Å². The Morgan fingerprint density at radius 3 is 2.83 bits per heavy atom. The second-order valence-electron chi connectivity index (χ2n) is 4.76. The number of benzene rings is 1. The topological polar surface area (TPSA) is 54.3 Å². The third-order valence-electron chi connectivity index (χ3n) is 3.63. The molecular formula is C14H16N2O2. The molecule has 1 aromatic carbocycles. The normalized spacial score (nSPS) is 23.4. The van der Waals surface area contributed by atoms with Crippen molar-refractivity contribution in [1.29, 1.82) is 5.26 Å². The summed E-state index contributed by atoms with van der Waals surface area (Å²) in [6.45, 7) is 3.11. The standard InChI is InChI=1S/C14H16N2O2/c15-8-12(11-3-4-16-9-11)10-1-2-13-14(7-10)18-6-5-17-13/h1-2,7,11-12,16H,3-6,9H2. The molecule has 3 rings (SSSR count).